The number of ether oxygens (including phenoxy) is 1. The van der Waals surface area contributed by atoms with Crippen molar-refractivity contribution < 1.29 is 14.9 Å². The number of aliphatic hydroxyl groups is 2. The number of aryl methyl sites for hydroxylation is 1. The van der Waals surface area contributed by atoms with Crippen LogP contribution in [-0.4, -0.2) is 54.1 Å². The molecule has 0 aromatic heterocycles. The highest BCUT2D eigenvalue weighted by molar-refractivity contribution is 5.49. The van der Waals surface area contributed by atoms with Gasteiger partial charge in [-0.2, -0.15) is 0 Å². The molecular formula is C24H37NO3. The maximum atomic E-state index is 10.6. The summed E-state index contributed by atoms with van der Waals surface area (Å²) in [6.45, 7) is 3.24. The van der Waals surface area contributed by atoms with Crippen LogP contribution in [0.2, 0.25) is 0 Å². The number of hydrogen-bond acceptors (Lipinski definition) is 4. The Morgan fingerprint density at radius 2 is 2.07 bits per heavy atom. The molecule has 156 valence electrons. The number of hydrogen-bond donors (Lipinski definition) is 2. The first kappa shape index (κ1) is 21.4. The molecule has 1 fully saturated rings. The zero-order valence-electron chi connectivity index (χ0n) is 17.7. The number of para-hydroxylation sites is 1. The fourth-order valence-corrected chi connectivity index (χ4v) is 4.71. The van der Waals surface area contributed by atoms with Gasteiger partial charge in [-0.25, -0.2) is 0 Å². The Bertz CT molecular complexity index is 657. The highest BCUT2D eigenvalue weighted by Crippen LogP contribution is 2.52. The standard InChI is InChI=1S/C24H37NO3/c1-4-5-6-11-18(26)13-14-19-21(27)16-22-23(19)20-12-7-9-17(24(20)28-22)10-8-15-25(2)3/h7,9,12-14,18-19,21-23,26-27H,4-6,8,10-11,15-16H2,1-3H3/b14-13+/t18-,19-,21+,22-,23-/m0/s1. The topological polar surface area (TPSA) is 52.9 Å². The van der Waals surface area contributed by atoms with Crippen LogP contribution in [-0.2, 0) is 6.42 Å². The molecule has 0 bridgehead atoms. The van der Waals surface area contributed by atoms with Gasteiger partial charge < -0.3 is 19.8 Å². The molecule has 4 nitrogen and oxygen atoms in total. The van der Waals surface area contributed by atoms with Crippen molar-refractivity contribution in [3.05, 3.63) is 41.5 Å². The van der Waals surface area contributed by atoms with Crippen LogP contribution in [0.15, 0.2) is 30.4 Å². The van der Waals surface area contributed by atoms with E-state index in [2.05, 4.69) is 44.1 Å². The van der Waals surface area contributed by atoms with Crippen molar-refractivity contribution in [2.24, 2.45) is 5.92 Å². The van der Waals surface area contributed by atoms with Crippen LogP contribution in [0.5, 0.6) is 5.75 Å². The number of fused-ring (bicyclic) bond motifs is 3. The Hall–Kier alpha value is -1.36. The molecule has 0 saturated heterocycles. The minimum absolute atomic E-state index is 0.0177. The molecule has 1 aliphatic carbocycles. The quantitative estimate of drug-likeness (QED) is 0.472. The summed E-state index contributed by atoms with van der Waals surface area (Å²) in [5.74, 6) is 1.26. The molecule has 3 rings (SSSR count). The van der Waals surface area contributed by atoms with Crippen molar-refractivity contribution in [1.29, 1.82) is 0 Å². The second-order valence-electron chi connectivity index (χ2n) is 8.75. The van der Waals surface area contributed by atoms with Crippen molar-refractivity contribution in [1.82, 2.24) is 4.90 Å². The van der Waals surface area contributed by atoms with Gasteiger partial charge in [-0.05, 0) is 45.5 Å². The van der Waals surface area contributed by atoms with E-state index < -0.39 is 12.2 Å². The third kappa shape index (κ3) is 4.97. The van der Waals surface area contributed by atoms with E-state index in [4.69, 9.17) is 4.74 Å². The van der Waals surface area contributed by atoms with Gasteiger partial charge in [0.1, 0.15) is 11.9 Å². The summed E-state index contributed by atoms with van der Waals surface area (Å²) in [5, 5.41) is 20.8. The average molecular weight is 388 g/mol. The third-order valence-corrected chi connectivity index (χ3v) is 6.20. The summed E-state index contributed by atoms with van der Waals surface area (Å²) in [6, 6.07) is 6.46. The van der Waals surface area contributed by atoms with E-state index in [-0.39, 0.29) is 17.9 Å². The van der Waals surface area contributed by atoms with E-state index >= 15 is 0 Å². The van der Waals surface area contributed by atoms with Crippen molar-refractivity contribution in [2.75, 3.05) is 20.6 Å². The van der Waals surface area contributed by atoms with Gasteiger partial charge in [0.2, 0.25) is 0 Å². The molecule has 1 saturated carbocycles. The first-order valence-electron chi connectivity index (χ1n) is 11.0. The average Bonchev–Trinajstić information content (AvgIpc) is 3.15. The van der Waals surface area contributed by atoms with Gasteiger partial charge in [-0.1, -0.05) is 56.5 Å². The second kappa shape index (κ2) is 9.91. The molecule has 0 unspecified atom stereocenters. The maximum absolute atomic E-state index is 10.6. The van der Waals surface area contributed by atoms with Gasteiger partial charge in [0.25, 0.3) is 0 Å². The molecule has 1 aliphatic heterocycles. The minimum Gasteiger partial charge on any atom is -0.489 e. The van der Waals surface area contributed by atoms with Crippen LogP contribution in [0.4, 0.5) is 0 Å². The van der Waals surface area contributed by atoms with Gasteiger partial charge >= 0.3 is 0 Å². The molecule has 1 aromatic rings. The van der Waals surface area contributed by atoms with Crippen molar-refractivity contribution in [2.45, 2.75) is 76.1 Å². The molecule has 2 aliphatic rings. The van der Waals surface area contributed by atoms with Crippen LogP contribution in [0, 0.1) is 5.92 Å². The Balaban J connectivity index is 1.70. The molecule has 1 aromatic carbocycles. The lowest BCUT2D eigenvalue weighted by molar-refractivity contribution is 0.135. The van der Waals surface area contributed by atoms with E-state index in [1.165, 1.54) is 11.1 Å². The summed E-state index contributed by atoms with van der Waals surface area (Å²) in [7, 11) is 4.20. The highest BCUT2D eigenvalue weighted by atomic mass is 16.5. The van der Waals surface area contributed by atoms with Crippen LogP contribution in [0.25, 0.3) is 0 Å². The number of nitrogens with zero attached hydrogens (tertiary/aromatic N) is 1. The van der Waals surface area contributed by atoms with Gasteiger partial charge in [0, 0.05) is 23.8 Å². The maximum Gasteiger partial charge on any atom is 0.126 e. The van der Waals surface area contributed by atoms with E-state index in [1.54, 1.807) is 0 Å². The van der Waals surface area contributed by atoms with Crippen molar-refractivity contribution in [3.8, 4) is 5.75 Å². The number of unbranched alkanes of at least 4 members (excludes halogenated alkanes) is 2. The lowest BCUT2D eigenvalue weighted by Gasteiger charge is -2.18. The minimum atomic E-state index is -0.419. The SMILES string of the molecule is CCCCC[C@H](O)/C=C/[C@@H]1[C@H]2c3cccc(CCCN(C)C)c3O[C@H]2C[C@H]1O. The lowest BCUT2D eigenvalue weighted by Crippen LogP contribution is -2.17. The molecule has 1 heterocycles. The number of rotatable bonds is 10. The monoisotopic (exact) mass is 387 g/mol. The predicted molar refractivity (Wildman–Crippen MR) is 114 cm³/mol. The van der Waals surface area contributed by atoms with Crippen LogP contribution >= 0.6 is 0 Å². The van der Waals surface area contributed by atoms with Gasteiger partial charge in [0.05, 0.1) is 12.2 Å². The summed E-state index contributed by atoms with van der Waals surface area (Å²) < 4.78 is 6.34. The van der Waals surface area contributed by atoms with Gasteiger partial charge in [0.15, 0.2) is 0 Å². The first-order valence-corrected chi connectivity index (χ1v) is 11.0. The van der Waals surface area contributed by atoms with E-state index in [9.17, 15) is 10.2 Å². The fourth-order valence-electron chi connectivity index (χ4n) is 4.71. The third-order valence-electron chi connectivity index (χ3n) is 6.20. The molecule has 0 radical (unpaired) electrons. The van der Waals surface area contributed by atoms with Crippen LogP contribution in [0.1, 0.15) is 62.5 Å². The van der Waals surface area contributed by atoms with E-state index in [1.807, 2.05) is 12.2 Å². The fraction of sp³-hybridized carbons (Fsp3) is 0.667. The largest absolute Gasteiger partial charge is 0.489 e. The lowest BCUT2D eigenvalue weighted by atomic mass is 9.86. The molecule has 28 heavy (non-hydrogen) atoms. The Kier molecular flexibility index (Phi) is 7.55. The Labute approximate surface area is 170 Å². The van der Waals surface area contributed by atoms with Gasteiger partial charge in [-0.15, -0.1) is 0 Å². The zero-order chi connectivity index (χ0) is 20.1. The normalized spacial score (nSPS) is 27.2. The first-order chi connectivity index (χ1) is 13.5. The molecule has 0 spiro atoms. The summed E-state index contributed by atoms with van der Waals surface area (Å²) in [5.41, 5.74) is 2.52. The predicted octanol–water partition coefficient (Wildman–Crippen LogP) is 3.90. The summed E-state index contributed by atoms with van der Waals surface area (Å²) in [4.78, 5) is 2.21. The Morgan fingerprint density at radius 3 is 2.82 bits per heavy atom. The van der Waals surface area contributed by atoms with E-state index in [0.717, 1.165) is 50.8 Å². The summed E-state index contributed by atoms with van der Waals surface area (Å²) >= 11 is 0. The molecule has 4 heteroatoms. The summed E-state index contributed by atoms with van der Waals surface area (Å²) in [6.07, 6.45) is 10.1. The molecule has 0 amide bonds. The van der Waals surface area contributed by atoms with Crippen molar-refractivity contribution in [3.63, 3.8) is 0 Å². The van der Waals surface area contributed by atoms with E-state index in [0.29, 0.717) is 6.42 Å². The van der Waals surface area contributed by atoms with Gasteiger partial charge in [-0.3, -0.25) is 0 Å². The van der Waals surface area contributed by atoms with Crippen LogP contribution in [0.3, 0.4) is 0 Å². The highest BCUT2D eigenvalue weighted by Gasteiger charge is 2.48. The number of aliphatic hydroxyl groups excluding tert-OH is 2. The molecule has 5 atom stereocenters. The second-order valence-corrected chi connectivity index (χ2v) is 8.75. The Morgan fingerprint density at radius 1 is 1.25 bits per heavy atom. The van der Waals surface area contributed by atoms with Crippen LogP contribution < -0.4 is 4.74 Å². The zero-order valence-corrected chi connectivity index (χ0v) is 17.7. The molecule has 2 N–H and O–H groups in total. The number of benzene rings is 1. The smallest absolute Gasteiger partial charge is 0.126 e. The van der Waals surface area contributed by atoms with Crippen molar-refractivity contribution >= 4 is 0 Å². The molecular weight excluding hydrogens is 350 g/mol.